The van der Waals surface area contributed by atoms with Crippen LogP contribution in [0.2, 0.25) is 0 Å². The third-order valence-electron chi connectivity index (χ3n) is 4.44. The van der Waals surface area contributed by atoms with Gasteiger partial charge in [0.15, 0.2) is 5.96 Å². The van der Waals surface area contributed by atoms with Crippen LogP contribution < -0.4 is 15.4 Å². The molecule has 1 aromatic rings. The number of ether oxygens (including phenoxy) is 3. The van der Waals surface area contributed by atoms with E-state index in [2.05, 4.69) is 41.6 Å². The maximum absolute atomic E-state index is 5.79. The van der Waals surface area contributed by atoms with Crippen LogP contribution >= 0.6 is 24.0 Å². The molecule has 0 radical (unpaired) electrons. The fourth-order valence-corrected chi connectivity index (χ4v) is 2.84. The Morgan fingerprint density at radius 2 is 1.89 bits per heavy atom. The fourth-order valence-electron chi connectivity index (χ4n) is 2.84. The van der Waals surface area contributed by atoms with Crippen molar-refractivity contribution in [2.24, 2.45) is 10.9 Å². The van der Waals surface area contributed by atoms with Gasteiger partial charge in [0, 0.05) is 39.5 Å². The van der Waals surface area contributed by atoms with Gasteiger partial charge in [0.05, 0.1) is 6.54 Å². The minimum atomic E-state index is 0. The van der Waals surface area contributed by atoms with E-state index in [9.17, 15) is 0 Å². The normalized spacial score (nSPS) is 15.0. The Labute approximate surface area is 186 Å². The zero-order valence-electron chi connectivity index (χ0n) is 17.2. The van der Waals surface area contributed by atoms with Gasteiger partial charge in [0.2, 0.25) is 0 Å². The summed E-state index contributed by atoms with van der Waals surface area (Å²) in [5.74, 6) is 2.38. The van der Waals surface area contributed by atoms with E-state index in [0.717, 1.165) is 70.5 Å². The summed E-state index contributed by atoms with van der Waals surface area (Å²) >= 11 is 0. The van der Waals surface area contributed by atoms with E-state index in [1.165, 1.54) is 5.56 Å². The molecule has 0 amide bonds. The standard InChI is InChI=1S/C21H35N3O3.HI/c1-3-22-21(24-12-16-27-20-7-5-18(2)6-8-20)23-11-4-13-26-17-19-9-14-25-15-10-19;/h5-8,19H,3-4,9-17H2,1-2H3,(H2,22,23,24);1H. The molecule has 1 fully saturated rings. The molecule has 2 N–H and O–H groups in total. The van der Waals surface area contributed by atoms with Gasteiger partial charge < -0.3 is 24.8 Å². The highest BCUT2D eigenvalue weighted by molar-refractivity contribution is 14.0. The molecule has 1 aliphatic heterocycles. The van der Waals surface area contributed by atoms with Crippen molar-refractivity contribution in [3.05, 3.63) is 29.8 Å². The molecule has 0 spiro atoms. The van der Waals surface area contributed by atoms with Gasteiger partial charge in [-0.2, -0.15) is 0 Å². The number of rotatable bonds is 11. The van der Waals surface area contributed by atoms with Gasteiger partial charge in [0.25, 0.3) is 0 Å². The van der Waals surface area contributed by atoms with Crippen LogP contribution in [0.3, 0.4) is 0 Å². The van der Waals surface area contributed by atoms with Crippen LogP contribution in [-0.4, -0.2) is 58.6 Å². The summed E-state index contributed by atoms with van der Waals surface area (Å²) in [5.41, 5.74) is 1.23. The maximum Gasteiger partial charge on any atom is 0.191 e. The maximum atomic E-state index is 5.79. The smallest absolute Gasteiger partial charge is 0.191 e. The predicted octanol–water partition coefficient (Wildman–Crippen LogP) is 3.38. The number of nitrogens with one attached hydrogen (secondary N) is 2. The van der Waals surface area contributed by atoms with Crippen molar-refractivity contribution in [3.8, 4) is 5.75 Å². The number of hydrogen-bond donors (Lipinski definition) is 2. The molecule has 0 aliphatic carbocycles. The molecule has 1 aromatic carbocycles. The SMILES string of the molecule is CCNC(=NCCCOCC1CCOCC1)NCCOc1ccc(C)cc1.I. The van der Waals surface area contributed by atoms with E-state index in [-0.39, 0.29) is 24.0 Å². The Bertz CT molecular complexity index is 534. The van der Waals surface area contributed by atoms with Gasteiger partial charge in [0.1, 0.15) is 12.4 Å². The van der Waals surface area contributed by atoms with Crippen LogP contribution in [0.25, 0.3) is 0 Å². The first-order valence-corrected chi connectivity index (χ1v) is 10.1. The van der Waals surface area contributed by atoms with Crippen molar-refractivity contribution in [3.63, 3.8) is 0 Å². The third kappa shape index (κ3) is 11.1. The largest absolute Gasteiger partial charge is 0.492 e. The summed E-state index contributed by atoms with van der Waals surface area (Å²) < 4.78 is 16.9. The number of guanidine groups is 1. The first-order chi connectivity index (χ1) is 13.3. The molecule has 1 saturated heterocycles. The van der Waals surface area contributed by atoms with Gasteiger partial charge in [-0.3, -0.25) is 4.99 Å². The van der Waals surface area contributed by atoms with Crippen LogP contribution in [0, 0.1) is 12.8 Å². The molecule has 160 valence electrons. The number of benzene rings is 1. The monoisotopic (exact) mass is 505 g/mol. The van der Waals surface area contributed by atoms with Gasteiger partial charge in [-0.15, -0.1) is 24.0 Å². The van der Waals surface area contributed by atoms with Crippen molar-refractivity contribution < 1.29 is 14.2 Å². The lowest BCUT2D eigenvalue weighted by atomic mass is 10.0. The summed E-state index contributed by atoms with van der Waals surface area (Å²) in [6.45, 7) is 10.4. The van der Waals surface area contributed by atoms with Crippen LogP contribution in [0.4, 0.5) is 0 Å². The van der Waals surface area contributed by atoms with Gasteiger partial charge in [-0.05, 0) is 51.2 Å². The Kier molecular flexibility index (Phi) is 14.1. The predicted molar refractivity (Wildman–Crippen MR) is 125 cm³/mol. The van der Waals surface area contributed by atoms with E-state index in [1.54, 1.807) is 0 Å². The minimum absolute atomic E-state index is 0. The Morgan fingerprint density at radius 1 is 1.14 bits per heavy atom. The third-order valence-corrected chi connectivity index (χ3v) is 4.44. The topological polar surface area (TPSA) is 64.1 Å². The van der Waals surface area contributed by atoms with E-state index >= 15 is 0 Å². The van der Waals surface area contributed by atoms with Crippen molar-refractivity contribution in [1.29, 1.82) is 0 Å². The van der Waals surface area contributed by atoms with E-state index < -0.39 is 0 Å². The molecule has 0 aromatic heterocycles. The van der Waals surface area contributed by atoms with E-state index in [4.69, 9.17) is 14.2 Å². The first-order valence-electron chi connectivity index (χ1n) is 10.1. The highest BCUT2D eigenvalue weighted by atomic mass is 127. The van der Waals surface area contributed by atoms with E-state index in [0.29, 0.717) is 19.1 Å². The summed E-state index contributed by atoms with van der Waals surface area (Å²) in [6.07, 6.45) is 3.17. The molecule has 1 heterocycles. The summed E-state index contributed by atoms with van der Waals surface area (Å²) in [5, 5.41) is 6.56. The van der Waals surface area contributed by atoms with Crippen molar-refractivity contribution >= 4 is 29.9 Å². The summed E-state index contributed by atoms with van der Waals surface area (Å²) in [4.78, 5) is 4.59. The second kappa shape index (κ2) is 15.8. The highest BCUT2D eigenvalue weighted by Gasteiger charge is 2.13. The molecule has 0 saturated carbocycles. The van der Waals surface area contributed by atoms with Gasteiger partial charge in [-0.1, -0.05) is 17.7 Å². The second-order valence-electron chi connectivity index (χ2n) is 6.83. The molecule has 1 aliphatic rings. The molecule has 2 rings (SSSR count). The minimum Gasteiger partial charge on any atom is -0.492 e. The lowest BCUT2D eigenvalue weighted by Gasteiger charge is -2.21. The van der Waals surface area contributed by atoms with Gasteiger partial charge >= 0.3 is 0 Å². The fraction of sp³-hybridized carbons (Fsp3) is 0.667. The molecular formula is C21H36IN3O3. The average Bonchev–Trinajstić information content (AvgIpc) is 2.70. The number of nitrogens with zero attached hydrogens (tertiary/aromatic N) is 1. The van der Waals surface area contributed by atoms with Crippen LogP contribution in [0.1, 0.15) is 31.7 Å². The molecule has 0 atom stereocenters. The van der Waals surface area contributed by atoms with Crippen molar-refractivity contribution in [2.75, 3.05) is 52.7 Å². The quantitative estimate of drug-likeness (QED) is 0.209. The van der Waals surface area contributed by atoms with Crippen molar-refractivity contribution in [1.82, 2.24) is 10.6 Å². The Hall–Kier alpha value is -1.06. The number of aryl methyl sites for hydroxylation is 1. The number of aliphatic imine (C=N–C) groups is 1. The highest BCUT2D eigenvalue weighted by Crippen LogP contribution is 2.14. The summed E-state index contributed by atoms with van der Waals surface area (Å²) in [6, 6.07) is 8.10. The van der Waals surface area contributed by atoms with Gasteiger partial charge in [-0.25, -0.2) is 0 Å². The molecular weight excluding hydrogens is 469 g/mol. The lowest BCUT2D eigenvalue weighted by molar-refractivity contribution is 0.0205. The molecule has 6 nitrogen and oxygen atoms in total. The lowest BCUT2D eigenvalue weighted by Crippen LogP contribution is -2.39. The number of hydrogen-bond acceptors (Lipinski definition) is 4. The van der Waals surface area contributed by atoms with Crippen LogP contribution in [0.5, 0.6) is 5.75 Å². The Morgan fingerprint density at radius 3 is 2.61 bits per heavy atom. The first kappa shape index (κ1) is 25.0. The zero-order chi connectivity index (χ0) is 19.2. The number of halogens is 1. The van der Waals surface area contributed by atoms with Crippen LogP contribution in [-0.2, 0) is 9.47 Å². The Balaban J connectivity index is 0.00000392. The summed E-state index contributed by atoms with van der Waals surface area (Å²) in [7, 11) is 0. The zero-order valence-corrected chi connectivity index (χ0v) is 19.6. The molecule has 0 unspecified atom stereocenters. The van der Waals surface area contributed by atoms with E-state index in [1.807, 2.05) is 12.1 Å². The van der Waals surface area contributed by atoms with Crippen LogP contribution in [0.15, 0.2) is 29.3 Å². The molecule has 7 heteroatoms. The molecule has 0 bridgehead atoms. The van der Waals surface area contributed by atoms with Crippen molar-refractivity contribution in [2.45, 2.75) is 33.1 Å². The molecule has 28 heavy (non-hydrogen) atoms. The average molecular weight is 505 g/mol. The second-order valence-corrected chi connectivity index (χ2v) is 6.83.